The summed E-state index contributed by atoms with van der Waals surface area (Å²) in [7, 11) is 0. The molecule has 0 saturated heterocycles. The zero-order valence-corrected chi connectivity index (χ0v) is 6.63. The van der Waals surface area contributed by atoms with E-state index in [1.165, 1.54) is 12.8 Å². The van der Waals surface area contributed by atoms with Crippen molar-refractivity contribution in [2.45, 2.75) is 24.3 Å². The van der Waals surface area contributed by atoms with E-state index >= 15 is 0 Å². The van der Waals surface area contributed by atoms with E-state index in [0.717, 1.165) is 12.3 Å². The van der Waals surface area contributed by atoms with E-state index in [9.17, 15) is 4.79 Å². The number of hydrogen-bond acceptors (Lipinski definition) is 2. The number of halogens is 1. The van der Waals surface area contributed by atoms with Crippen LogP contribution in [0.4, 0.5) is 0 Å². The molecule has 1 aliphatic rings. The largest absolute Gasteiger partial charge is 0.453 e. The van der Waals surface area contributed by atoms with Gasteiger partial charge in [0.15, 0.2) is 5.01 Å². The van der Waals surface area contributed by atoms with Crippen molar-refractivity contribution in [3.05, 3.63) is 0 Å². The first kappa shape index (κ1) is 7.06. The molecular formula is C6H9BrO2. The molecule has 0 aliphatic heterocycles. The molecular weight excluding hydrogens is 184 g/mol. The molecule has 52 valence electrons. The van der Waals surface area contributed by atoms with Crippen LogP contribution in [-0.2, 0) is 9.53 Å². The third-order valence-corrected chi connectivity index (χ3v) is 2.01. The van der Waals surface area contributed by atoms with E-state index in [2.05, 4.69) is 20.7 Å². The van der Waals surface area contributed by atoms with Gasteiger partial charge in [0.05, 0.1) is 0 Å². The zero-order chi connectivity index (χ0) is 6.69. The molecule has 0 N–H and O–H groups in total. The summed E-state index contributed by atoms with van der Waals surface area (Å²) in [4.78, 5) is 9.76. The molecule has 2 nitrogen and oxygen atoms in total. The molecule has 0 radical (unpaired) electrons. The third kappa shape index (κ3) is 2.84. The number of carbonyl (C=O) groups excluding carboxylic acids is 1. The standard InChI is InChI=1S/C6H9BrO2/c7-6(9-4-8)3-5-1-2-5/h4-6H,1-3H2. The second-order valence-corrected chi connectivity index (χ2v) is 3.34. The van der Waals surface area contributed by atoms with Gasteiger partial charge in [-0.3, -0.25) is 4.79 Å². The van der Waals surface area contributed by atoms with Crippen LogP contribution >= 0.6 is 15.9 Å². The monoisotopic (exact) mass is 192 g/mol. The number of hydrogen-bond donors (Lipinski definition) is 0. The van der Waals surface area contributed by atoms with Crippen LogP contribution in [0, 0.1) is 5.92 Å². The lowest BCUT2D eigenvalue weighted by Crippen LogP contribution is -2.02. The molecule has 1 unspecified atom stereocenters. The average molecular weight is 193 g/mol. The fraction of sp³-hybridized carbons (Fsp3) is 0.833. The summed E-state index contributed by atoms with van der Waals surface area (Å²) in [5.74, 6) is 0.800. The second kappa shape index (κ2) is 3.20. The van der Waals surface area contributed by atoms with Crippen molar-refractivity contribution < 1.29 is 9.53 Å². The molecule has 1 rings (SSSR count). The lowest BCUT2D eigenvalue weighted by Gasteiger charge is -2.04. The molecule has 0 amide bonds. The molecule has 3 heteroatoms. The molecule has 1 fully saturated rings. The van der Waals surface area contributed by atoms with Gasteiger partial charge in [-0.25, -0.2) is 0 Å². The number of ether oxygens (including phenoxy) is 1. The Morgan fingerprint density at radius 3 is 2.89 bits per heavy atom. The van der Waals surface area contributed by atoms with Gasteiger partial charge >= 0.3 is 0 Å². The maximum Gasteiger partial charge on any atom is 0.294 e. The van der Waals surface area contributed by atoms with Gasteiger partial charge in [0.2, 0.25) is 0 Å². The van der Waals surface area contributed by atoms with Gasteiger partial charge in [-0.1, -0.05) is 12.8 Å². The maximum atomic E-state index is 9.76. The van der Waals surface area contributed by atoms with Gasteiger partial charge in [-0.2, -0.15) is 0 Å². The molecule has 0 spiro atoms. The Balaban J connectivity index is 2.01. The zero-order valence-electron chi connectivity index (χ0n) is 5.05. The normalized spacial score (nSPS) is 21.0. The lowest BCUT2D eigenvalue weighted by molar-refractivity contribution is -0.130. The van der Waals surface area contributed by atoms with Crippen molar-refractivity contribution in [2.75, 3.05) is 0 Å². The Labute approximate surface area is 62.7 Å². The SMILES string of the molecule is O=COC(Br)CC1CC1. The van der Waals surface area contributed by atoms with Crippen molar-refractivity contribution in [3.8, 4) is 0 Å². The number of carbonyl (C=O) groups is 1. The van der Waals surface area contributed by atoms with E-state index in [1.807, 2.05) is 0 Å². The molecule has 1 aliphatic carbocycles. The van der Waals surface area contributed by atoms with Crippen molar-refractivity contribution in [1.29, 1.82) is 0 Å². The highest BCUT2D eigenvalue weighted by molar-refractivity contribution is 9.09. The van der Waals surface area contributed by atoms with Crippen LogP contribution in [0.5, 0.6) is 0 Å². The Kier molecular flexibility index (Phi) is 2.51. The van der Waals surface area contributed by atoms with Crippen molar-refractivity contribution in [1.82, 2.24) is 0 Å². The van der Waals surface area contributed by atoms with Gasteiger partial charge < -0.3 is 4.74 Å². The van der Waals surface area contributed by atoms with Crippen molar-refractivity contribution in [2.24, 2.45) is 5.92 Å². The highest BCUT2D eigenvalue weighted by Gasteiger charge is 2.24. The highest BCUT2D eigenvalue weighted by Crippen LogP contribution is 2.35. The first-order chi connectivity index (χ1) is 4.33. The number of rotatable bonds is 4. The fourth-order valence-electron chi connectivity index (χ4n) is 0.731. The molecule has 0 aromatic rings. The summed E-state index contributed by atoms with van der Waals surface area (Å²) < 4.78 is 4.63. The van der Waals surface area contributed by atoms with Crippen LogP contribution in [0.15, 0.2) is 0 Å². The predicted octanol–water partition coefficient (Wildman–Crippen LogP) is 1.68. The topological polar surface area (TPSA) is 26.3 Å². The van der Waals surface area contributed by atoms with Crippen LogP contribution in [-0.4, -0.2) is 11.5 Å². The Morgan fingerprint density at radius 1 is 1.78 bits per heavy atom. The minimum atomic E-state index is -0.0532. The smallest absolute Gasteiger partial charge is 0.294 e. The van der Waals surface area contributed by atoms with Crippen LogP contribution in [0.2, 0.25) is 0 Å². The maximum absolute atomic E-state index is 9.76. The minimum Gasteiger partial charge on any atom is -0.453 e. The summed E-state index contributed by atoms with van der Waals surface area (Å²) in [6.07, 6.45) is 3.56. The van der Waals surface area contributed by atoms with Gasteiger partial charge in [0, 0.05) is 0 Å². The average Bonchev–Trinajstić information content (AvgIpc) is 2.50. The van der Waals surface area contributed by atoms with E-state index in [4.69, 9.17) is 0 Å². The molecule has 0 bridgehead atoms. The van der Waals surface area contributed by atoms with Crippen LogP contribution in [0.25, 0.3) is 0 Å². The van der Waals surface area contributed by atoms with Crippen LogP contribution < -0.4 is 0 Å². The van der Waals surface area contributed by atoms with Crippen molar-refractivity contribution in [3.63, 3.8) is 0 Å². The van der Waals surface area contributed by atoms with Crippen LogP contribution in [0.1, 0.15) is 19.3 Å². The first-order valence-electron chi connectivity index (χ1n) is 3.06. The summed E-state index contributed by atoms with van der Waals surface area (Å²) in [5, 5.41) is -0.0532. The van der Waals surface area contributed by atoms with E-state index in [1.54, 1.807) is 0 Å². The predicted molar refractivity (Wildman–Crippen MR) is 37.2 cm³/mol. The van der Waals surface area contributed by atoms with Gasteiger partial charge in [-0.05, 0) is 28.3 Å². The van der Waals surface area contributed by atoms with E-state index in [-0.39, 0.29) is 5.01 Å². The van der Waals surface area contributed by atoms with E-state index < -0.39 is 0 Å². The first-order valence-corrected chi connectivity index (χ1v) is 3.97. The minimum absolute atomic E-state index is 0.0532. The summed E-state index contributed by atoms with van der Waals surface area (Å²) in [6, 6.07) is 0. The highest BCUT2D eigenvalue weighted by atomic mass is 79.9. The Hall–Kier alpha value is -0.0500. The second-order valence-electron chi connectivity index (χ2n) is 2.32. The molecule has 1 atom stereocenters. The lowest BCUT2D eigenvalue weighted by atomic mass is 10.3. The number of alkyl halides is 1. The Bertz CT molecular complexity index is 101. The van der Waals surface area contributed by atoms with Gasteiger partial charge in [-0.15, -0.1) is 0 Å². The van der Waals surface area contributed by atoms with Crippen LogP contribution in [0.3, 0.4) is 0 Å². The molecule has 0 heterocycles. The summed E-state index contributed by atoms with van der Waals surface area (Å²) in [6.45, 7) is 0.488. The molecule has 9 heavy (non-hydrogen) atoms. The fourth-order valence-corrected chi connectivity index (χ4v) is 1.35. The molecule has 0 aromatic carbocycles. The quantitative estimate of drug-likeness (QED) is 0.501. The molecule has 1 saturated carbocycles. The third-order valence-electron chi connectivity index (χ3n) is 1.42. The van der Waals surface area contributed by atoms with Crippen molar-refractivity contribution >= 4 is 22.4 Å². The van der Waals surface area contributed by atoms with Gasteiger partial charge in [0.1, 0.15) is 0 Å². The van der Waals surface area contributed by atoms with Gasteiger partial charge in [0.25, 0.3) is 6.47 Å². The summed E-state index contributed by atoms with van der Waals surface area (Å²) >= 11 is 3.23. The van der Waals surface area contributed by atoms with E-state index in [0.29, 0.717) is 6.47 Å². The molecule has 0 aromatic heterocycles. The Morgan fingerprint density at radius 2 is 2.44 bits per heavy atom. The summed E-state index contributed by atoms with van der Waals surface area (Å²) in [5.41, 5.74) is 0.